The molecule has 0 aromatic rings. The van der Waals surface area contributed by atoms with Gasteiger partial charge in [0.2, 0.25) is 0 Å². The van der Waals surface area contributed by atoms with Crippen molar-refractivity contribution in [1.82, 2.24) is 0 Å². The maximum Gasteiger partial charge on any atom is -0.147 e. The van der Waals surface area contributed by atoms with Crippen LogP contribution in [0.4, 0.5) is 0 Å². The van der Waals surface area contributed by atoms with Crippen molar-refractivity contribution in [3.63, 3.8) is 0 Å². The minimum absolute atomic E-state index is 0. The van der Waals surface area contributed by atoms with Crippen molar-refractivity contribution >= 4 is 30.7 Å². The van der Waals surface area contributed by atoms with Crippen LogP contribution in [0.25, 0.3) is 0 Å². The molecule has 0 nitrogen and oxygen atoms in total. The third kappa shape index (κ3) is 3.51. The predicted octanol–water partition coefficient (Wildman–Crippen LogP) is 5.75. The minimum Gasteiger partial charge on any atom is -0.147 e. The summed E-state index contributed by atoms with van der Waals surface area (Å²) < 4.78 is 2.33. The first kappa shape index (κ1) is 20.6. The van der Waals surface area contributed by atoms with Crippen molar-refractivity contribution in [2.75, 3.05) is 0 Å². The van der Waals surface area contributed by atoms with Crippen LogP contribution >= 0.6 is 24.8 Å². The Bertz CT molecular complexity index is 489. The van der Waals surface area contributed by atoms with Crippen LogP contribution < -0.4 is 0 Å². The quantitative estimate of drug-likeness (QED) is 0.521. The van der Waals surface area contributed by atoms with Crippen molar-refractivity contribution in [1.29, 1.82) is 0 Å². The van der Waals surface area contributed by atoms with E-state index in [2.05, 4.69) is 65.1 Å². The standard InChI is InChI=1S/C9H13.C5H5.C2H7Si.2ClH.Zr/c1-6-5-7(2)9(4)8(6)3;1-2-4-5-3-1;1-3-2;;;/h5H,1-4H3;1-3H,4H2;3H,1-2H3;2*1H;. The second kappa shape index (κ2) is 7.77. The van der Waals surface area contributed by atoms with Crippen LogP contribution in [0.5, 0.6) is 0 Å². The molecule has 0 spiro atoms. The summed E-state index contributed by atoms with van der Waals surface area (Å²) >= 11 is -1.53. The Morgan fingerprint density at radius 1 is 1.15 bits per heavy atom. The van der Waals surface area contributed by atoms with Gasteiger partial charge in [-0.15, -0.1) is 24.8 Å². The van der Waals surface area contributed by atoms with Crippen LogP contribution in [0.2, 0.25) is 16.2 Å². The summed E-state index contributed by atoms with van der Waals surface area (Å²) in [4.78, 5) is 0. The molecule has 0 bridgehead atoms. The van der Waals surface area contributed by atoms with Gasteiger partial charge >= 0.3 is 121 Å². The molecular weight excluding hydrogens is 382 g/mol. The molecule has 4 heteroatoms. The van der Waals surface area contributed by atoms with E-state index >= 15 is 0 Å². The zero-order valence-electron chi connectivity index (χ0n) is 13.4. The summed E-state index contributed by atoms with van der Waals surface area (Å²) in [5.41, 5.74) is 4.79. The van der Waals surface area contributed by atoms with Gasteiger partial charge in [-0.3, -0.25) is 0 Å². The van der Waals surface area contributed by atoms with Gasteiger partial charge in [-0.05, 0) is 0 Å². The number of allylic oxidation sites excluding steroid dienone is 8. The van der Waals surface area contributed by atoms with Gasteiger partial charge in [0.25, 0.3) is 0 Å². The molecule has 0 amide bonds. The largest absolute Gasteiger partial charge is 0.147 e. The maximum atomic E-state index is 2.62. The smallest absolute Gasteiger partial charge is 0.147 e. The summed E-state index contributed by atoms with van der Waals surface area (Å²) in [6, 6.07) is 0. The Hall–Kier alpha value is 0.640. The van der Waals surface area contributed by atoms with Crippen LogP contribution in [-0.4, -0.2) is 5.92 Å². The summed E-state index contributed by atoms with van der Waals surface area (Å²) in [5, 5.41) is 0. The third-order valence-corrected chi connectivity index (χ3v) is 26.7. The monoisotopic (exact) mass is 407 g/mol. The summed E-state index contributed by atoms with van der Waals surface area (Å²) in [6.07, 6.45) is 11.0. The molecular formula is C16H27Cl2SiZr. The van der Waals surface area contributed by atoms with Crippen LogP contribution in [0.3, 0.4) is 0 Å². The fourth-order valence-electron chi connectivity index (χ4n) is 3.57. The van der Waals surface area contributed by atoms with Gasteiger partial charge in [0.05, 0.1) is 0 Å². The van der Waals surface area contributed by atoms with Gasteiger partial charge in [0.15, 0.2) is 0 Å². The third-order valence-electron chi connectivity index (χ3n) is 4.69. The van der Waals surface area contributed by atoms with E-state index in [1.165, 1.54) is 12.0 Å². The van der Waals surface area contributed by atoms with Crippen LogP contribution in [-0.2, 0) is 20.9 Å². The first-order chi connectivity index (χ1) is 8.38. The van der Waals surface area contributed by atoms with Gasteiger partial charge < -0.3 is 0 Å². The Morgan fingerprint density at radius 2 is 1.75 bits per heavy atom. The van der Waals surface area contributed by atoms with Gasteiger partial charge in [0, 0.05) is 0 Å². The molecule has 20 heavy (non-hydrogen) atoms. The van der Waals surface area contributed by atoms with E-state index in [9.17, 15) is 0 Å². The molecule has 0 aromatic heterocycles. The number of halogens is 2. The van der Waals surface area contributed by atoms with Crippen molar-refractivity contribution < 1.29 is 20.9 Å². The zero-order chi connectivity index (χ0) is 13.5. The molecule has 2 aliphatic rings. The van der Waals surface area contributed by atoms with Crippen LogP contribution in [0.1, 0.15) is 34.1 Å². The Balaban J connectivity index is 0.00000180. The Labute approximate surface area is 145 Å². The van der Waals surface area contributed by atoms with Crippen LogP contribution in [0, 0.1) is 0 Å². The van der Waals surface area contributed by atoms with E-state index in [1.807, 2.05) is 3.28 Å². The molecule has 0 fully saturated rings. The van der Waals surface area contributed by atoms with E-state index in [1.54, 1.807) is 11.1 Å². The van der Waals surface area contributed by atoms with E-state index in [-0.39, 0.29) is 24.8 Å². The summed E-state index contributed by atoms with van der Waals surface area (Å²) in [7, 11) is 0. The van der Waals surface area contributed by atoms with Crippen molar-refractivity contribution in [3.05, 3.63) is 44.3 Å². The Kier molecular flexibility index (Phi) is 8.02. The molecule has 1 atom stereocenters. The zero-order valence-corrected chi connectivity index (χ0v) is 18.7. The van der Waals surface area contributed by atoms with Gasteiger partial charge in [0.1, 0.15) is 0 Å². The minimum atomic E-state index is -1.53. The topological polar surface area (TPSA) is 0 Å². The van der Waals surface area contributed by atoms with Gasteiger partial charge in [-0.2, -0.15) is 0 Å². The molecule has 0 aromatic carbocycles. The predicted molar refractivity (Wildman–Crippen MR) is 95.7 cm³/mol. The number of rotatable bonds is 3. The van der Waals surface area contributed by atoms with Gasteiger partial charge in [-0.1, -0.05) is 0 Å². The van der Waals surface area contributed by atoms with Crippen molar-refractivity contribution in [3.8, 4) is 0 Å². The molecule has 0 N–H and O–H groups in total. The van der Waals surface area contributed by atoms with Crippen molar-refractivity contribution in [2.24, 2.45) is 0 Å². The molecule has 0 radical (unpaired) electrons. The van der Waals surface area contributed by atoms with Crippen LogP contribution in [0.15, 0.2) is 44.3 Å². The molecule has 1 unspecified atom stereocenters. The first-order valence-corrected chi connectivity index (χ1v) is 16.6. The van der Waals surface area contributed by atoms with E-state index in [4.69, 9.17) is 0 Å². The van der Waals surface area contributed by atoms with E-state index < -0.39 is 26.8 Å². The SMILES string of the molecule is CC1=C[C](C)([Zr]([C]2=CC=CC2)[SiH](C)C)C(C)=C1C.Cl.Cl. The fourth-order valence-corrected chi connectivity index (χ4v) is 28.4. The summed E-state index contributed by atoms with van der Waals surface area (Å²) in [5.74, 6) is -0.542. The number of hydrogen-bond donors (Lipinski definition) is 0. The second-order valence-electron chi connectivity index (χ2n) is 6.17. The normalized spacial score (nSPS) is 24.4. The number of hydrogen-bond acceptors (Lipinski definition) is 0. The van der Waals surface area contributed by atoms with Crippen molar-refractivity contribution in [2.45, 2.75) is 50.3 Å². The molecule has 0 saturated carbocycles. The average molecular weight is 410 g/mol. The fraction of sp³-hybridized carbons (Fsp3) is 0.500. The second-order valence-corrected chi connectivity index (χ2v) is 26.6. The molecule has 2 aliphatic carbocycles. The van der Waals surface area contributed by atoms with E-state index in [0.717, 1.165) is 0 Å². The first-order valence-electron chi connectivity index (χ1n) is 6.99. The van der Waals surface area contributed by atoms with Gasteiger partial charge in [-0.25, -0.2) is 0 Å². The molecule has 2 rings (SSSR count). The molecule has 0 aliphatic heterocycles. The Morgan fingerprint density at radius 3 is 2.10 bits per heavy atom. The molecule has 0 saturated heterocycles. The molecule has 0 heterocycles. The maximum absolute atomic E-state index is 2.62. The average Bonchev–Trinajstić information content (AvgIpc) is 2.85. The van der Waals surface area contributed by atoms with E-state index in [0.29, 0.717) is 3.12 Å². The molecule has 113 valence electrons. The summed E-state index contributed by atoms with van der Waals surface area (Å²) in [6.45, 7) is 14.7.